The second-order valence-corrected chi connectivity index (χ2v) is 3.14. The minimum absolute atomic E-state index is 0. The van der Waals surface area contributed by atoms with E-state index >= 15 is 0 Å². The van der Waals surface area contributed by atoms with Crippen molar-refractivity contribution in [2.24, 2.45) is 0 Å². The van der Waals surface area contributed by atoms with Crippen molar-refractivity contribution in [3.63, 3.8) is 0 Å². The Labute approximate surface area is 152 Å². The molecule has 0 aromatic carbocycles. The molecule has 0 radical (unpaired) electrons. The van der Waals surface area contributed by atoms with Gasteiger partial charge < -0.3 is 24.9 Å². The molecule has 0 fully saturated rings. The van der Waals surface area contributed by atoms with E-state index in [0.29, 0.717) is 0 Å². The summed E-state index contributed by atoms with van der Waals surface area (Å²) in [6, 6.07) is 0. The first-order chi connectivity index (χ1) is 4.00. The van der Waals surface area contributed by atoms with Crippen LogP contribution in [0.3, 0.4) is 0 Å². The average Bonchev–Trinajstić information content (AvgIpc) is 1.12. The fourth-order valence-corrected chi connectivity index (χ4v) is 0. The first kappa shape index (κ1) is 29.7. The van der Waals surface area contributed by atoms with Crippen molar-refractivity contribution in [2.75, 3.05) is 0 Å². The molecule has 0 aliphatic rings. The van der Waals surface area contributed by atoms with Gasteiger partial charge in [0.1, 0.15) is 0 Å². The molecule has 0 rings (SSSR count). The van der Waals surface area contributed by atoms with Crippen LogP contribution in [0.15, 0.2) is 0 Å². The minimum atomic E-state index is -4.67. The predicted octanol–water partition coefficient (Wildman–Crippen LogP) is -4.76. The van der Waals surface area contributed by atoms with Crippen LogP contribution < -0.4 is 0 Å². The Bertz CT molecular complexity index is 170. The first-order valence-electron chi connectivity index (χ1n) is 1.59. The van der Waals surface area contributed by atoms with Crippen molar-refractivity contribution in [2.45, 2.75) is 0 Å². The summed E-state index contributed by atoms with van der Waals surface area (Å²) in [6.07, 6.45) is 0. The van der Waals surface area contributed by atoms with Gasteiger partial charge in [-0.2, -0.15) is 8.42 Å². The van der Waals surface area contributed by atoms with Crippen molar-refractivity contribution < 1.29 is 42.4 Å². The van der Waals surface area contributed by atoms with E-state index in [-0.39, 0.29) is 98.5 Å². The molecule has 6 N–H and O–H groups in total. The van der Waals surface area contributed by atoms with Crippen LogP contribution >= 0.6 is 0 Å². The minimum Gasteiger partial charge on any atom is -1.00 e. The molecule has 0 spiro atoms. The molecule has 0 unspecified atom stereocenters. The van der Waals surface area contributed by atoms with E-state index in [1.165, 1.54) is 0 Å². The molecule has 0 heterocycles. The Morgan fingerprint density at radius 1 is 0.923 bits per heavy atom. The van der Waals surface area contributed by atoms with Crippen molar-refractivity contribution in [3.05, 3.63) is 0 Å². The molecule has 13 heteroatoms. The summed E-state index contributed by atoms with van der Waals surface area (Å²) in [5.41, 5.74) is 0. The average molecular weight is 308 g/mol. The van der Waals surface area contributed by atoms with Gasteiger partial charge in [0, 0.05) is 0 Å². The van der Waals surface area contributed by atoms with E-state index in [1.54, 1.807) is 0 Å². The predicted molar refractivity (Wildman–Crippen MR) is 54.7 cm³/mol. The molecule has 0 saturated heterocycles. The van der Waals surface area contributed by atoms with Gasteiger partial charge in [-0.1, -0.05) is 0 Å². The van der Waals surface area contributed by atoms with Crippen molar-refractivity contribution in [1.82, 2.24) is 0 Å². The third kappa shape index (κ3) is 284. The van der Waals surface area contributed by atoms with Crippen LogP contribution in [-0.4, -0.2) is 139 Å². The van der Waals surface area contributed by atoms with Crippen LogP contribution in [0, 0.1) is 0 Å². The van der Waals surface area contributed by atoms with Crippen LogP contribution in [0.2, 0.25) is 0 Å². The molecule has 13 heavy (non-hydrogen) atoms. The van der Waals surface area contributed by atoms with E-state index in [0.717, 1.165) is 0 Å². The zero-order valence-electron chi connectivity index (χ0n) is 9.82. The second-order valence-electron chi connectivity index (χ2n) is 1.05. The van der Waals surface area contributed by atoms with Crippen LogP contribution in [-0.2, 0) is 10.4 Å². The molecule has 0 saturated carbocycles. The maximum Gasteiger partial charge on any atom is 2.00 e. The monoisotopic (exact) mass is 308 g/mol. The summed E-state index contributed by atoms with van der Waals surface area (Å²) in [5.74, 6) is 0. The van der Waals surface area contributed by atoms with Crippen LogP contribution in [0.5, 0.6) is 0 Å². The Morgan fingerprint density at radius 3 is 0.923 bits per heavy atom. The normalized spacial score (nSPS) is 9.08. The fraction of sp³-hybridized carbons (Fsp3) is 0. The Hall–Kier alpha value is 2.98. The van der Waals surface area contributed by atoms with Gasteiger partial charge in [-0.15, -0.1) is 0 Å². The van der Waals surface area contributed by atoms with E-state index in [9.17, 15) is 0 Å². The zero-order valence-corrected chi connectivity index (χ0v) is 12.1. The molecular weight excluding hydrogens is 295 g/mol. The number of hydrogen-bond donors (Lipinski definition) is 6. The van der Waals surface area contributed by atoms with Gasteiger partial charge in [0.15, 0.2) is 17.4 Å². The fourth-order valence-electron chi connectivity index (χ4n) is 0. The van der Waals surface area contributed by atoms with E-state index in [1.807, 2.05) is 0 Å². The largest absolute Gasteiger partial charge is 2.00 e. The molecule has 0 aromatic rings. The number of hydrogen-bond acceptors (Lipinski definition) is 6. The van der Waals surface area contributed by atoms with Crippen LogP contribution in [0.25, 0.3) is 0 Å². The number of rotatable bonds is 0. The van der Waals surface area contributed by atoms with Crippen molar-refractivity contribution >= 4 is 112 Å². The van der Waals surface area contributed by atoms with Gasteiger partial charge in [-0.3, -0.25) is 9.11 Å². The van der Waals surface area contributed by atoms with Crippen LogP contribution in [0.4, 0.5) is 0 Å². The molecule has 0 atom stereocenters. The Kier molecular flexibility index (Phi) is 29.8. The molecule has 78 valence electrons. The SMILES string of the molecule is O=S(=O)(O)O.O[Si](O)(O)O.[AlH3].[Ca+2].[Ca+2].[H-].[H-].[H-].[H-]. The molecule has 0 aromatic heterocycles. The topological polar surface area (TPSA) is 156 Å². The molecule has 8 nitrogen and oxygen atoms in total. The molecule has 0 aliphatic carbocycles. The smallest absolute Gasteiger partial charge is 1.00 e. The summed E-state index contributed by atoms with van der Waals surface area (Å²) in [6.45, 7) is 0. The van der Waals surface area contributed by atoms with Crippen molar-refractivity contribution in [1.29, 1.82) is 0 Å². The first-order valence-corrected chi connectivity index (χ1v) is 4.78. The van der Waals surface area contributed by atoms with E-state index < -0.39 is 19.4 Å². The van der Waals surface area contributed by atoms with Gasteiger partial charge >= 0.3 is 94.9 Å². The van der Waals surface area contributed by atoms with Gasteiger partial charge in [0.2, 0.25) is 0 Å². The van der Waals surface area contributed by atoms with Gasteiger partial charge in [0.25, 0.3) is 0 Å². The summed E-state index contributed by atoms with van der Waals surface area (Å²) in [5, 5.41) is 0. The molecule has 0 aliphatic heterocycles. The quantitative estimate of drug-likeness (QED) is 0.192. The standard InChI is InChI=1S/Al.2Ca.H2O4S.H4O4Si.7H/c;;;2*1-5(2,3)4;;;;;;;/h;;;(H2,1,2,3,4);1-4H;;;;;;;/q;2*+2;;;;;;4*-1. The second kappa shape index (κ2) is 13.0. The maximum absolute atomic E-state index is 8.74. The molecular formula is H13AlCa2O8SSi. The molecule has 0 amide bonds. The third-order valence-electron chi connectivity index (χ3n) is 0. The van der Waals surface area contributed by atoms with Crippen molar-refractivity contribution in [3.8, 4) is 0 Å². The van der Waals surface area contributed by atoms with Gasteiger partial charge in [-0.05, 0) is 0 Å². The van der Waals surface area contributed by atoms with Gasteiger partial charge in [-0.25, -0.2) is 0 Å². The van der Waals surface area contributed by atoms with Crippen LogP contribution in [0.1, 0.15) is 5.71 Å². The summed E-state index contributed by atoms with van der Waals surface area (Å²) in [7, 11) is -9.28. The Morgan fingerprint density at radius 2 is 0.923 bits per heavy atom. The Balaban J connectivity index is -0.00000000762. The van der Waals surface area contributed by atoms with Gasteiger partial charge in [0.05, 0.1) is 0 Å². The maximum atomic E-state index is 8.74. The van der Waals surface area contributed by atoms with E-state index in [4.69, 9.17) is 36.7 Å². The third-order valence-corrected chi connectivity index (χ3v) is 0. The summed E-state index contributed by atoms with van der Waals surface area (Å²) >= 11 is 0. The van der Waals surface area contributed by atoms with E-state index in [2.05, 4.69) is 0 Å². The molecule has 0 bridgehead atoms. The summed E-state index contributed by atoms with van der Waals surface area (Å²) < 4.78 is 31.6. The zero-order chi connectivity index (χ0) is 9.00. The summed E-state index contributed by atoms with van der Waals surface area (Å²) in [4.78, 5) is 29.3.